The van der Waals surface area contributed by atoms with Crippen molar-refractivity contribution in [3.8, 4) is 0 Å². The van der Waals surface area contributed by atoms with Gasteiger partial charge >= 0.3 is 0 Å². The van der Waals surface area contributed by atoms with Crippen molar-refractivity contribution in [1.82, 2.24) is 0 Å². The van der Waals surface area contributed by atoms with Gasteiger partial charge in [0.25, 0.3) is 0 Å². The van der Waals surface area contributed by atoms with Crippen LogP contribution in [0.5, 0.6) is 0 Å². The van der Waals surface area contributed by atoms with Crippen LogP contribution < -0.4 is 0 Å². The van der Waals surface area contributed by atoms with Crippen LogP contribution in [0.3, 0.4) is 0 Å². The van der Waals surface area contributed by atoms with Crippen LogP contribution in [-0.2, 0) is 0 Å². The minimum Gasteiger partial charge on any atom is -0.298 e. The van der Waals surface area contributed by atoms with E-state index < -0.39 is 0 Å². The summed E-state index contributed by atoms with van der Waals surface area (Å²) in [5.74, 6) is 0. The van der Waals surface area contributed by atoms with Gasteiger partial charge in [-0.05, 0) is 38.4 Å². The van der Waals surface area contributed by atoms with Crippen molar-refractivity contribution in [3.63, 3.8) is 0 Å². The molecular weight excluding hydrogens is 300 g/mol. The summed E-state index contributed by atoms with van der Waals surface area (Å²) in [7, 11) is 0. The molecule has 0 saturated heterocycles. The van der Waals surface area contributed by atoms with E-state index in [1.54, 1.807) is 6.07 Å². The molecule has 0 saturated carbocycles. The molecule has 0 aliphatic heterocycles. The van der Waals surface area contributed by atoms with E-state index in [2.05, 4.69) is 0 Å². The average molecular weight is 312 g/mol. The Hall–Kier alpha value is -3.33. The summed E-state index contributed by atoms with van der Waals surface area (Å²) in [4.78, 5) is 34.2. The van der Waals surface area contributed by atoms with Crippen molar-refractivity contribution in [1.29, 1.82) is 0 Å². The van der Waals surface area contributed by atoms with E-state index in [1.165, 1.54) is 0 Å². The fourth-order valence-corrected chi connectivity index (χ4v) is 3.39. The molecule has 0 N–H and O–H groups in total. The molecule has 3 nitrogen and oxygen atoms in total. The highest BCUT2D eigenvalue weighted by molar-refractivity contribution is 6.21. The zero-order valence-electron chi connectivity index (χ0n) is 12.7. The first-order chi connectivity index (χ1) is 11.8. The summed E-state index contributed by atoms with van der Waals surface area (Å²) in [6.07, 6.45) is 1.83. The maximum Gasteiger partial charge on any atom is 0.151 e. The van der Waals surface area contributed by atoms with Gasteiger partial charge in [-0.15, -0.1) is 0 Å². The van der Waals surface area contributed by atoms with Crippen LogP contribution in [0.15, 0.2) is 54.6 Å². The third-order valence-corrected chi connectivity index (χ3v) is 4.52. The molecule has 24 heavy (non-hydrogen) atoms. The number of rotatable bonds is 3. The molecule has 0 aliphatic rings. The summed E-state index contributed by atoms with van der Waals surface area (Å²) >= 11 is 0. The smallest absolute Gasteiger partial charge is 0.151 e. The van der Waals surface area contributed by atoms with E-state index in [0.717, 1.165) is 26.9 Å². The van der Waals surface area contributed by atoms with E-state index in [4.69, 9.17) is 0 Å². The first kappa shape index (κ1) is 14.3. The van der Waals surface area contributed by atoms with Crippen LogP contribution in [0.4, 0.5) is 0 Å². The van der Waals surface area contributed by atoms with Crippen molar-refractivity contribution in [2.45, 2.75) is 0 Å². The van der Waals surface area contributed by atoms with Gasteiger partial charge in [0.2, 0.25) is 0 Å². The molecule has 0 fully saturated rings. The molecule has 4 aromatic carbocycles. The van der Waals surface area contributed by atoms with Gasteiger partial charge in [-0.1, -0.05) is 48.5 Å². The number of benzene rings is 4. The molecule has 0 atom stereocenters. The van der Waals surface area contributed by atoms with Gasteiger partial charge in [0.05, 0.1) is 0 Å². The van der Waals surface area contributed by atoms with Gasteiger partial charge in [-0.2, -0.15) is 0 Å². The summed E-state index contributed by atoms with van der Waals surface area (Å²) < 4.78 is 0. The minimum absolute atomic E-state index is 0.146. The minimum atomic E-state index is 0.146. The Morgan fingerprint density at radius 1 is 0.542 bits per heavy atom. The normalized spacial score (nSPS) is 11.0. The highest BCUT2D eigenvalue weighted by Crippen LogP contribution is 2.34. The number of hydrogen-bond acceptors (Lipinski definition) is 3. The number of aldehydes is 3. The maximum absolute atomic E-state index is 11.5. The van der Waals surface area contributed by atoms with E-state index in [-0.39, 0.29) is 16.7 Å². The lowest BCUT2D eigenvalue weighted by atomic mass is 9.91. The Morgan fingerprint density at radius 2 is 1.21 bits per heavy atom. The molecule has 4 rings (SSSR count). The lowest BCUT2D eigenvalue weighted by Crippen LogP contribution is -1.99. The number of hydrogen-bond donors (Lipinski definition) is 0. The summed E-state index contributed by atoms with van der Waals surface area (Å²) in [5.41, 5.74) is 0.646. The van der Waals surface area contributed by atoms with Crippen LogP contribution in [0.25, 0.3) is 32.3 Å². The van der Waals surface area contributed by atoms with Crippen LogP contribution in [-0.4, -0.2) is 18.9 Å². The predicted octanol–water partition coefficient (Wildman–Crippen LogP) is 4.58. The van der Waals surface area contributed by atoms with Crippen molar-refractivity contribution in [3.05, 3.63) is 71.3 Å². The second-order valence-electron chi connectivity index (χ2n) is 5.69. The molecule has 0 radical (unpaired) electrons. The highest BCUT2D eigenvalue weighted by atomic mass is 16.1. The van der Waals surface area contributed by atoms with Crippen molar-refractivity contribution < 1.29 is 14.4 Å². The molecule has 4 aromatic rings. The second-order valence-corrected chi connectivity index (χ2v) is 5.69. The summed E-state index contributed by atoms with van der Waals surface area (Å²) in [6, 6.07) is 17.6. The highest BCUT2D eigenvalue weighted by Gasteiger charge is 2.14. The van der Waals surface area contributed by atoms with Crippen LogP contribution >= 0.6 is 0 Å². The monoisotopic (exact) mass is 312 g/mol. The maximum atomic E-state index is 11.5. The molecule has 0 amide bonds. The van der Waals surface area contributed by atoms with E-state index in [9.17, 15) is 14.4 Å². The molecule has 0 spiro atoms. The third-order valence-electron chi connectivity index (χ3n) is 4.52. The summed E-state index contributed by atoms with van der Waals surface area (Å²) in [5, 5.41) is 5.72. The van der Waals surface area contributed by atoms with Gasteiger partial charge in [0.1, 0.15) is 0 Å². The number of carbonyl (C=O) groups excluding carboxylic acids is 3. The van der Waals surface area contributed by atoms with Crippen LogP contribution in [0, 0.1) is 0 Å². The van der Waals surface area contributed by atoms with Gasteiger partial charge in [0.15, 0.2) is 18.9 Å². The topological polar surface area (TPSA) is 51.2 Å². The Kier molecular flexibility index (Phi) is 3.21. The SMILES string of the molecule is O=Cc1cc2c(ccc3c4ccccc4ccc23)c(C=O)c1C=O. The standard InChI is InChI=1S/C21H12O3/c22-10-14-9-19-17-6-5-13-3-1-2-4-15(13)16(17)7-8-18(19)21(12-24)20(14)11-23/h1-12H. The molecule has 0 heterocycles. The van der Waals surface area contributed by atoms with Crippen molar-refractivity contribution >= 4 is 51.2 Å². The Bertz CT molecular complexity index is 1160. The molecule has 3 heteroatoms. The molecule has 114 valence electrons. The van der Waals surface area contributed by atoms with Crippen LogP contribution in [0.2, 0.25) is 0 Å². The Labute approximate surface area is 137 Å². The fraction of sp³-hybridized carbons (Fsp3) is 0. The second kappa shape index (κ2) is 5.39. The fourth-order valence-electron chi connectivity index (χ4n) is 3.39. The molecular formula is C21H12O3. The van der Waals surface area contributed by atoms with Crippen molar-refractivity contribution in [2.24, 2.45) is 0 Å². The van der Waals surface area contributed by atoms with Gasteiger partial charge in [-0.3, -0.25) is 14.4 Å². The van der Waals surface area contributed by atoms with E-state index >= 15 is 0 Å². The lowest BCUT2D eigenvalue weighted by molar-refractivity contribution is 0.108. The zero-order chi connectivity index (χ0) is 16.7. The molecule has 0 aliphatic carbocycles. The van der Waals surface area contributed by atoms with E-state index in [1.807, 2.05) is 48.5 Å². The first-order valence-electron chi connectivity index (χ1n) is 7.55. The number of carbonyl (C=O) groups is 3. The zero-order valence-corrected chi connectivity index (χ0v) is 12.7. The first-order valence-corrected chi connectivity index (χ1v) is 7.55. The molecule has 0 unspecified atom stereocenters. The van der Waals surface area contributed by atoms with Gasteiger partial charge < -0.3 is 0 Å². The number of fused-ring (bicyclic) bond motifs is 5. The predicted molar refractivity (Wildman–Crippen MR) is 95.1 cm³/mol. The largest absolute Gasteiger partial charge is 0.298 e. The average Bonchev–Trinajstić information content (AvgIpc) is 2.65. The summed E-state index contributed by atoms with van der Waals surface area (Å²) in [6.45, 7) is 0. The van der Waals surface area contributed by atoms with E-state index in [0.29, 0.717) is 24.2 Å². The van der Waals surface area contributed by atoms with Gasteiger partial charge in [0, 0.05) is 16.7 Å². The van der Waals surface area contributed by atoms with Crippen molar-refractivity contribution in [2.75, 3.05) is 0 Å². The third kappa shape index (κ3) is 1.88. The Balaban J connectivity index is 2.27. The molecule has 0 bridgehead atoms. The lowest BCUT2D eigenvalue weighted by Gasteiger charge is -2.11. The van der Waals surface area contributed by atoms with Gasteiger partial charge in [-0.25, -0.2) is 0 Å². The molecule has 0 aromatic heterocycles. The van der Waals surface area contributed by atoms with Crippen LogP contribution in [0.1, 0.15) is 31.1 Å². The quantitative estimate of drug-likeness (QED) is 0.411. The Morgan fingerprint density at radius 3 is 1.96 bits per heavy atom.